The number of nitrogens with one attached hydrogen (secondary N) is 1. The summed E-state index contributed by atoms with van der Waals surface area (Å²) in [6, 6.07) is 7.87. The van der Waals surface area contributed by atoms with Crippen molar-refractivity contribution in [3.05, 3.63) is 34.9 Å². The number of carbonyl (C=O) groups is 1. The zero-order valence-electron chi connectivity index (χ0n) is 13.3. The normalized spacial score (nSPS) is 24.3. The first-order chi connectivity index (χ1) is 10.6. The molecule has 3 nitrogen and oxygen atoms in total. The van der Waals surface area contributed by atoms with E-state index in [1.54, 1.807) is 0 Å². The van der Waals surface area contributed by atoms with E-state index in [9.17, 15) is 4.79 Å². The van der Waals surface area contributed by atoms with Crippen LogP contribution in [0.15, 0.2) is 24.3 Å². The van der Waals surface area contributed by atoms with Crippen molar-refractivity contribution in [3.63, 3.8) is 0 Å². The molecule has 1 amide bonds. The Morgan fingerprint density at radius 1 is 1.13 bits per heavy atom. The third-order valence-electron chi connectivity index (χ3n) is 5.98. The molecule has 0 atom stereocenters. The van der Waals surface area contributed by atoms with Crippen molar-refractivity contribution in [3.8, 4) is 0 Å². The fraction of sp³-hybridized carbons (Fsp3) is 0.611. The summed E-state index contributed by atoms with van der Waals surface area (Å²) in [4.78, 5) is 15.2. The topological polar surface area (TPSA) is 32.3 Å². The highest BCUT2D eigenvalue weighted by Gasteiger charge is 2.54. The van der Waals surface area contributed by atoms with Crippen molar-refractivity contribution in [2.75, 3.05) is 26.2 Å². The van der Waals surface area contributed by atoms with Gasteiger partial charge < -0.3 is 10.2 Å². The summed E-state index contributed by atoms with van der Waals surface area (Å²) in [7, 11) is 0. The maximum Gasteiger partial charge on any atom is 0.233 e. The highest BCUT2D eigenvalue weighted by atomic mass is 35.5. The number of hydrogen-bond acceptors (Lipinski definition) is 2. The Morgan fingerprint density at radius 3 is 2.43 bits per heavy atom. The number of hydrogen-bond donors (Lipinski definition) is 1. The van der Waals surface area contributed by atoms with E-state index in [1.165, 1.54) is 6.42 Å². The molecular formula is C18H24Cl2N2O. The van der Waals surface area contributed by atoms with Gasteiger partial charge in [0.15, 0.2) is 0 Å². The molecular weight excluding hydrogens is 331 g/mol. The van der Waals surface area contributed by atoms with Gasteiger partial charge in [-0.1, -0.05) is 23.7 Å². The van der Waals surface area contributed by atoms with Gasteiger partial charge in [0.25, 0.3) is 0 Å². The molecule has 2 aliphatic heterocycles. The molecule has 1 aliphatic carbocycles. The molecule has 0 aromatic heterocycles. The second-order valence-corrected chi connectivity index (χ2v) is 7.75. The standard InChI is InChI=1S/C18H23ClN2O.ClH/c19-15-3-1-2-14(12-15)18(4-5-18)16(22)21-10-7-17(8-11-21)6-9-20-13-17;/h1-3,12,20H,4-11,13H2;1H. The number of piperidine rings is 1. The Bertz CT molecular complexity index is 584. The molecule has 1 aromatic carbocycles. The molecule has 1 saturated carbocycles. The fourth-order valence-corrected chi connectivity index (χ4v) is 4.44. The molecule has 1 N–H and O–H groups in total. The number of amides is 1. The Kier molecular flexibility index (Phi) is 4.65. The molecule has 3 aliphatic rings. The maximum absolute atomic E-state index is 13.1. The first-order valence-electron chi connectivity index (χ1n) is 8.40. The first-order valence-corrected chi connectivity index (χ1v) is 8.78. The summed E-state index contributed by atoms with van der Waals surface area (Å²) in [5.41, 5.74) is 1.29. The van der Waals surface area contributed by atoms with Crippen molar-refractivity contribution in [2.24, 2.45) is 5.41 Å². The number of rotatable bonds is 2. The van der Waals surface area contributed by atoms with Crippen molar-refractivity contribution in [1.82, 2.24) is 10.2 Å². The van der Waals surface area contributed by atoms with Crippen LogP contribution in [-0.2, 0) is 10.2 Å². The third kappa shape index (κ3) is 2.99. The summed E-state index contributed by atoms with van der Waals surface area (Å²) in [5.74, 6) is 0.329. The van der Waals surface area contributed by atoms with Crippen LogP contribution in [0.2, 0.25) is 5.02 Å². The minimum absolute atomic E-state index is 0. The van der Waals surface area contributed by atoms with Crippen LogP contribution in [0.1, 0.15) is 37.7 Å². The van der Waals surface area contributed by atoms with E-state index in [-0.39, 0.29) is 17.8 Å². The lowest BCUT2D eigenvalue weighted by Gasteiger charge is -2.40. The summed E-state index contributed by atoms with van der Waals surface area (Å²) in [6.45, 7) is 4.11. The van der Waals surface area contributed by atoms with Crippen LogP contribution < -0.4 is 5.32 Å². The van der Waals surface area contributed by atoms with Crippen LogP contribution in [0.4, 0.5) is 0 Å². The predicted octanol–water partition coefficient (Wildman–Crippen LogP) is 3.40. The van der Waals surface area contributed by atoms with Crippen LogP contribution in [0.5, 0.6) is 0 Å². The average Bonchev–Trinajstić information content (AvgIpc) is 3.24. The number of nitrogens with zero attached hydrogens (tertiary/aromatic N) is 1. The summed E-state index contributed by atoms with van der Waals surface area (Å²) in [6.07, 6.45) is 5.51. The third-order valence-corrected chi connectivity index (χ3v) is 6.22. The average molecular weight is 355 g/mol. The van der Waals surface area contributed by atoms with Crippen molar-refractivity contribution in [1.29, 1.82) is 0 Å². The fourth-order valence-electron chi connectivity index (χ4n) is 4.25. The van der Waals surface area contributed by atoms with Gasteiger partial charge in [-0.05, 0) is 61.8 Å². The minimum Gasteiger partial charge on any atom is -0.342 e. The lowest BCUT2D eigenvalue weighted by atomic mass is 9.77. The molecule has 2 saturated heterocycles. The predicted molar refractivity (Wildman–Crippen MR) is 95.3 cm³/mol. The van der Waals surface area contributed by atoms with Crippen molar-refractivity contribution in [2.45, 2.75) is 37.5 Å². The summed E-state index contributed by atoms with van der Waals surface area (Å²) < 4.78 is 0. The zero-order valence-corrected chi connectivity index (χ0v) is 14.9. The number of benzene rings is 1. The monoisotopic (exact) mass is 354 g/mol. The first kappa shape index (κ1) is 17.1. The van der Waals surface area contributed by atoms with Gasteiger partial charge >= 0.3 is 0 Å². The lowest BCUT2D eigenvalue weighted by Crippen LogP contribution is -2.47. The van der Waals surface area contributed by atoms with E-state index in [4.69, 9.17) is 11.6 Å². The van der Waals surface area contributed by atoms with E-state index in [0.717, 1.165) is 62.4 Å². The van der Waals surface area contributed by atoms with Crippen LogP contribution in [0.3, 0.4) is 0 Å². The van der Waals surface area contributed by atoms with Gasteiger partial charge in [-0.25, -0.2) is 0 Å². The minimum atomic E-state index is -0.274. The maximum atomic E-state index is 13.1. The van der Waals surface area contributed by atoms with Crippen molar-refractivity contribution < 1.29 is 4.79 Å². The highest BCUT2D eigenvalue weighted by Crippen LogP contribution is 2.51. The molecule has 2 heterocycles. The quantitative estimate of drug-likeness (QED) is 0.882. The van der Waals surface area contributed by atoms with E-state index in [2.05, 4.69) is 16.3 Å². The van der Waals surface area contributed by atoms with Gasteiger partial charge in [-0.3, -0.25) is 4.79 Å². The molecule has 1 spiro atoms. The second kappa shape index (κ2) is 6.27. The Hall–Kier alpha value is -0.770. The summed E-state index contributed by atoms with van der Waals surface area (Å²) in [5, 5.41) is 4.21. The lowest BCUT2D eigenvalue weighted by molar-refractivity contribution is -0.136. The van der Waals surface area contributed by atoms with Crippen LogP contribution in [0.25, 0.3) is 0 Å². The number of carbonyl (C=O) groups excluding carboxylic acids is 1. The largest absolute Gasteiger partial charge is 0.342 e. The van der Waals surface area contributed by atoms with E-state index in [1.807, 2.05) is 18.2 Å². The molecule has 0 radical (unpaired) electrons. The van der Waals surface area contributed by atoms with Crippen LogP contribution in [-0.4, -0.2) is 37.0 Å². The van der Waals surface area contributed by atoms with Gasteiger partial charge in [0, 0.05) is 24.7 Å². The van der Waals surface area contributed by atoms with Crippen LogP contribution >= 0.6 is 24.0 Å². The molecule has 0 unspecified atom stereocenters. The Labute approximate surface area is 149 Å². The second-order valence-electron chi connectivity index (χ2n) is 7.31. The SMILES string of the molecule is Cl.O=C(N1CCC2(CCNC2)CC1)C1(c2cccc(Cl)c2)CC1. The Morgan fingerprint density at radius 2 is 1.87 bits per heavy atom. The molecule has 1 aromatic rings. The van der Waals surface area contributed by atoms with Crippen molar-refractivity contribution >= 4 is 29.9 Å². The van der Waals surface area contributed by atoms with Gasteiger partial charge in [0.1, 0.15) is 0 Å². The highest BCUT2D eigenvalue weighted by molar-refractivity contribution is 6.30. The van der Waals surface area contributed by atoms with Crippen LogP contribution in [0, 0.1) is 5.41 Å². The number of halogens is 2. The zero-order chi connectivity index (χ0) is 15.2. The van der Waals surface area contributed by atoms with E-state index in [0.29, 0.717) is 11.3 Å². The smallest absolute Gasteiger partial charge is 0.233 e. The molecule has 0 bridgehead atoms. The molecule has 23 heavy (non-hydrogen) atoms. The molecule has 5 heteroatoms. The molecule has 3 fully saturated rings. The van der Waals surface area contributed by atoms with Gasteiger partial charge in [-0.2, -0.15) is 0 Å². The van der Waals surface area contributed by atoms with E-state index < -0.39 is 0 Å². The molecule has 126 valence electrons. The summed E-state index contributed by atoms with van der Waals surface area (Å²) >= 11 is 6.12. The van der Waals surface area contributed by atoms with Gasteiger partial charge in [0.05, 0.1) is 5.41 Å². The molecule has 4 rings (SSSR count). The Balaban J connectivity index is 0.00000156. The number of likely N-dealkylation sites (tertiary alicyclic amines) is 1. The van der Waals surface area contributed by atoms with Gasteiger partial charge in [0.2, 0.25) is 5.91 Å². The van der Waals surface area contributed by atoms with E-state index >= 15 is 0 Å². The van der Waals surface area contributed by atoms with Gasteiger partial charge in [-0.15, -0.1) is 12.4 Å².